The van der Waals surface area contributed by atoms with Crippen LogP contribution in [0.3, 0.4) is 0 Å². The first-order valence-corrected chi connectivity index (χ1v) is 12.4. The molecule has 1 N–H and O–H groups in total. The lowest BCUT2D eigenvalue weighted by atomic mass is 10.0. The Hall–Kier alpha value is -2.41. The zero-order chi connectivity index (χ0) is 22.9. The number of hydrogen-bond donors (Lipinski definition) is 1. The molecule has 1 unspecified atom stereocenters. The normalized spacial score (nSPS) is 19.6. The Bertz CT molecular complexity index is 852. The monoisotopic (exact) mass is 450 g/mol. The molecular weight excluding hydrogens is 412 g/mol. The van der Waals surface area contributed by atoms with Crippen molar-refractivity contribution in [2.75, 3.05) is 62.7 Å². The topological polar surface area (TPSA) is 48.1 Å². The first kappa shape index (κ1) is 23.7. The molecule has 0 spiro atoms. The fourth-order valence-corrected chi connectivity index (χ4v) is 4.95. The predicted molar refractivity (Wildman–Crippen MR) is 135 cm³/mol. The average molecular weight is 451 g/mol. The van der Waals surface area contributed by atoms with Gasteiger partial charge in [0.1, 0.15) is 0 Å². The number of nitrogens with one attached hydrogen (secondary N) is 1. The van der Waals surface area contributed by atoms with Gasteiger partial charge in [-0.1, -0.05) is 37.3 Å². The molecule has 0 radical (unpaired) electrons. The fourth-order valence-electron chi connectivity index (χ4n) is 4.95. The maximum Gasteiger partial charge on any atom is 0.238 e. The Morgan fingerprint density at radius 1 is 1.06 bits per heavy atom. The molecule has 0 aromatic heterocycles. The van der Waals surface area contributed by atoms with E-state index in [0.717, 1.165) is 71.0 Å². The van der Waals surface area contributed by atoms with Crippen molar-refractivity contribution in [3.05, 3.63) is 60.2 Å². The Balaban J connectivity index is 1.30. The van der Waals surface area contributed by atoms with Crippen LogP contribution >= 0.6 is 0 Å². The Kier molecular flexibility index (Phi) is 8.75. The van der Waals surface area contributed by atoms with Crippen LogP contribution in [0.15, 0.2) is 54.6 Å². The van der Waals surface area contributed by atoms with Crippen LogP contribution in [0.1, 0.15) is 31.7 Å². The first-order chi connectivity index (χ1) is 16.2. The minimum Gasteiger partial charge on any atom is -0.378 e. The van der Waals surface area contributed by atoms with Gasteiger partial charge in [0.15, 0.2) is 0 Å². The average Bonchev–Trinajstić information content (AvgIpc) is 2.86. The molecule has 0 bridgehead atoms. The van der Waals surface area contributed by atoms with E-state index in [1.165, 1.54) is 17.7 Å². The molecule has 1 amide bonds. The van der Waals surface area contributed by atoms with Gasteiger partial charge in [0.05, 0.1) is 19.8 Å². The number of benzene rings is 2. The summed E-state index contributed by atoms with van der Waals surface area (Å²) < 4.78 is 5.43. The van der Waals surface area contributed by atoms with Crippen molar-refractivity contribution >= 4 is 17.3 Å². The summed E-state index contributed by atoms with van der Waals surface area (Å²) in [4.78, 5) is 20.1. The number of hydrogen-bond acceptors (Lipinski definition) is 5. The van der Waals surface area contributed by atoms with Crippen LogP contribution < -0.4 is 10.2 Å². The second-order valence-corrected chi connectivity index (χ2v) is 9.18. The van der Waals surface area contributed by atoms with Gasteiger partial charge in [-0.25, -0.2) is 0 Å². The summed E-state index contributed by atoms with van der Waals surface area (Å²) in [5.74, 6) is 0.0720. The van der Waals surface area contributed by atoms with Crippen molar-refractivity contribution < 1.29 is 9.53 Å². The third kappa shape index (κ3) is 7.03. The van der Waals surface area contributed by atoms with Crippen molar-refractivity contribution in [1.29, 1.82) is 0 Å². The summed E-state index contributed by atoms with van der Waals surface area (Å²) in [7, 11) is 0. The number of anilines is 2. The number of rotatable bonds is 9. The van der Waals surface area contributed by atoms with E-state index in [4.69, 9.17) is 4.74 Å². The van der Waals surface area contributed by atoms with Crippen LogP contribution in [0.5, 0.6) is 0 Å². The highest BCUT2D eigenvalue weighted by Gasteiger charge is 2.26. The van der Waals surface area contributed by atoms with Gasteiger partial charge in [0.25, 0.3) is 0 Å². The Labute approximate surface area is 198 Å². The van der Waals surface area contributed by atoms with Gasteiger partial charge in [0.2, 0.25) is 5.91 Å². The highest BCUT2D eigenvalue weighted by molar-refractivity contribution is 5.92. The minimum absolute atomic E-state index is 0.0720. The SMILES string of the molecule is CCCN(CC(=O)Nc1ccc(N2CCOCC2)cc1)C1CCCN(Cc2ccccc2)C1. The summed E-state index contributed by atoms with van der Waals surface area (Å²) in [5.41, 5.74) is 3.41. The van der Waals surface area contributed by atoms with E-state index in [0.29, 0.717) is 12.6 Å². The van der Waals surface area contributed by atoms with E-state index in [9.17, 15) is 4.79 Å². The van der Waals surface area contributed by atoms with Gasteiger partial charge >= 0.3 is 0 Å². The van der Waals surface area contributed by atoms with Gasteiger partial charge < -0.3 is 15.0 Å². The molecule has 6 nitrogen and oxygen atoms in total. The van der Waals surface area contributed by atoms with Crippen molar-refractivity contribution in [1.82, 2.24) is 9.80 Å². The van der Waals surface area contributed by atoms with E-state index in [2.05, 4.69) is 69.4 Å². The van der Waals surface area contributed by atoms with Crippen LogP contribution in [0, 0.1) is 0 Å². The lowest BCUT2D eigenvalue weighted by Crippen LogP contribution is -2.50. The molecule has 2 aliphatic heterocycles. The summed E-state index contributed by atoms with van der Waals surface area (Å²) in [6.45, 7) is 10.1. The van der Waals surface area contributed by atoms with E-state index in [1.54, 1.807) is 0 Å². The van der Waals surface area contributed by atoms with E-state index in [1.807, 2.05) is 12.1 Å². The molecule has 178 valence electrons. The Morgan fingerprint density at radius 2 is 1.82 bits per heavy atom. The van der Waals surface area contributed by atoms with Gasteiger partial charge in [-0.3, -0.25) is 14.6 Å². The number of amides is 1. The summed E-state index contributed by atoms with van der Waals surface area (Å²) in [5, 5.41) is 3.11. The van der Waals surface area contributed by atoms with Crippen LogP contribution in [-0.4, -0.2) is 74.2 Å². The molecule has 0 aliphatic carbocycles. The predicted octanol–water partition coefficient (Wildman–Crippen LogP) is 3.84. The van der Waals surface area contributed by atoms with Gasteiger partial charge in [0, 0.05) is 43.6 Å². The quantitative estimate of drug-likeness (QED) is 0.629. The molecule has 33 heavy (non-hydrogen) atoms. The molecule has 4 rings (SSSR count). The number of nitrogens with zero attached hydrogens (tertiary/aromatic N) is 3. The van der Waals surface area contributed by atoms with Gasteiger partial charge in [-0.2, -0.15) is 0 Å². The molecule has 6 heteroatoms. The number of ether oxygens (including phenoxy) is 1. The maximum absolute atomic E-state index is 12.9. The highest BCUT2D eigenvalue weighted by Crippen LogP contribution is 2.21. The van der Waals surface area contributed by atoms with Crippen molar-refractivity contribution in [2.45, 2.75) is 38.8 Å². The molecule has 2 aliphatic rings. The molecule has 2 heterocycles. The second-order valence-electron chi connectivity index (χ2n) is 9.18. The standard InChI is InChI=1S/C27H38N4O2/c1-2-14-31(26-9-6-15-29(21-26)20-23-7-4-3-5-8-23)22-27(32)28-24-10-12-25(13-11-24)30-16-18-33-19-17-30/h3-5,7-8,10-13,26H,2,6,9,14-22H2,1H3,(H,28,32). The zero-order valence-electron chi connectivity index (χ0n) is 19.9. The molecule has 2 fully saturated rings. The van der Waals surface area contributed by atoms with Gasteiger partial charge in [-0.05, 0) is 62.2 Å². The zero-order valence-corrected chi connectivity index (χ0v) is 19.9. The van der Waals surface area contributed by atoms with Crippen LogP contribution in [0.25, 0.3) is 0 Å². The summed E-state index contributed by atoms with van der Waals surface area (Å²) in [6.07, 6.45) is 3.39. The van der Waals surface area contributed by atoms with Crippen LogP contribution in [0.4, 0.5) is 11.4 Å². The number of morpholine rings is 1. The lowest BCUT2D eigenvalue weighted by molar-refractivity contribution is -0.118. The first-order valence-electron chi connectivity index (χ1n) is 12.4. The minimum atomic E-state index is 0.0720. The molecular formula is C27H38N4O2. The van der Waals surface area contributed by atoms with Crippen molar-refractivity contribution in [3.8, 4) is 0 Å². The third-order valence-electron chi connectivity index (χ3n) is 6.63. The van der Waals surface area contributed by atoms with Crippen molar-refractivity contribution in [2.24, 2.45) is 0 Å². The lowest BCUT2D eigenvalue weighted by Gasteiger charge is -2.39. The van der Waals surface area contributed by atoms with Gasteiger partial charge in [-0.15, -0.1) is 0 Å². The van der Waals surface area contributed by atoms with E-state index < -0.39 is 0 Å². The van der Waals surface area contributed by atoms with E-state index >= 15 is 0 Å². The third-order valence-corrected chi connectivity index (χ3v) is 6.63. The number of carbonyl (C=O) groups excluding carboxylic acids is 1. The number of carbonyl (C=O) groups is 1. The van der Waals surface area contributed by atoms with Crippen molar-refractivity contribution in [3.63, 3.8) is 0 Å². The van der Waals surface area contributed by atoms with Crippen LogP contribution in [0.2, 0.25) is 0 Å². The highest BCUT2D eigenvalue weighted by atomic mass is 16.5. The fraction of sp³-hybridized carbons (Fsp3) is 0.519. The summed E-state index contributed by atoms with van der Waals surface area (Å²) >= 11 is 0. The molecule has 0 saturated carbocycles. The second kappa shape index (κ2) is 12.2. The molecule has 2 aromatic rings. The number of piperidine rings is 1. The van der Waals surface area contributed by atoms with Crippen LogP contribution in [-0.2, 0) is 16.1 Å². The molecule has 1 atom stereocenters. The summed E-state index contributed by atoms with van der Waals surface area (Å²) in [6, 6.07) is 19.3. The maximum atomic E-state index is 12.9. The van der Waals surface area contributed by atoms with E-state index in [-0.39, 0.29) is 5.91 Å². The molecule has 2 aromatic carbocycles. The largest absolute Gasteiger partial charge is 0.378 e. The Morgan fingerprint density at radius 3 is 2.55 bits per heavy atom. The smallest absolute Gasteiger partial charge is 0.238 e. The number of likely N-dealkylation sites (tertiary alicyclic amines) is 1. The molecule has 2 saturated heterocycles.